The minimum Gasteiger partial charge on any atom is -0.403 e. The van der Waals surface area contributed by atoms with Crippen LogP contribution in [0.2, 0.25) is 0 Å². The minimum atomic E-state index is -0.826. The molecule has 2 heterocycles. The second-order valence-electron chi connectivity index (χ2n) is 7.84. The first kappa shape index (κ1) is 23.8. The van der Waals surface area contributed by atoms with Crippen molar-refractivity contribution >= 4 is 38.6 Å². The summed E-state index contributed by atoms with van der Waals surface area (Å²) < 4.78 is 4.39. The molecule has 0 spiro atoms. The predicted molar refractivity (Wildman–Crippen MR) is 139 cm³/mol. The molecule has 0 saturated heterocycles. The molecule has 0 fully saturated rings. The van der Waals surface area contributed by atoms with Crippen LogP contribution >= 0.6 is 17.0 Å². The summed E-state index contributed by atoms with van der Waals surface area (Å²) in [5, 5.41) is 5.23. The van der Waals surface area contributed by atoms with E-state index in [2.05, 4.69) is 120 Å². The van der Waals surface area contributed by atoms with Gasteiger partial charge in [0.25, 0.3) is 0 Å². The van der Waals surface area contributed by atoms with E-state index in [1.54, 1.807) is 0 Å². The first-order valence-electron chi connectivity index (χ1n) is 10.7. The summed E-state index contributed by atoms with van der Waals surface area (Å²) in [6.45, 7) is 4.27. The average Bonchev–Trinajstić information content (AvgIpc) is 3.60. The largest absolute Gasteiger partial charge is 0.403 e. The minimum absolute atomic E-state index is 0.826. The van der Waals surface area contributed by atoms with Gasteiger partial charge < -0.3 is 9.13 Å². The molecule has 2 aromatic heterocycles. The Hall–Kier alpha value is -2.32. The zero-order valence-electron chi connectivity index (χ0n) is 18.5. The van der Waals surface area contributed by atoms with Crippen molar-refractivity contribution in [1.82, 2.24) is 9.13 Å². The Kier molecular flexibility index (Phi) is 8.09. The number of hydrogen-bond donors (Lipinski definition) is 0. The summed E-state index contributed by atoms with van der Waals surface area (Å²) in [5.74, 6) is 0. The number of hydrogen-bond acceptors (Lipinski definition) is 0. The number of aromatic nitrogens is 2. The van der Waals surface area contributed by atoms with Gasteiger partial charge in [-0.3, -0.25) is 0 Å². The van der Waals surface area contributed by atoms with Gasteiger partial charge in [0.2, 0.25) is 0 Å². The smallest absolute Gasteiger partial charge is 0.0203 e. The molecule has 33 heavy (non-hydrogen) atoms. The fraction of sp³-hybridized carbons (Fsp3) is 0.0714. The van der Waals surface area contributed by atoms with E-state index in [4.69, 9.17) is 17.0 Å². The van der Waals surface area contributed by atoms with Gasteiger partial charge in [0.1, 0.15) is 0 Å². The second kappa shape index (κ2) is 11.2. The third-order valence-corrected chi connectivity index (χ3v) is 5.57. The molecule has 6 aromatic rings. The van der Waals surface area contributed by atoms with Gasteiger partial charge in [-0.1, -0.05) is 53.2 Å². The molecular weight excluding hydrogens is 526 g/mol. The Morgan fingerprint density at radius 3 is 2.15 bits per heavy atom. The Labute approximate surface area is 213 Å². The van der Waals surface area contributed by atoms with Crippen molar-refractivity contribution < 1.29 is 20.8 Å². The quantitative estimate of drug-likeness (QED) is 0.191. The van der Waals surface area contributed by atoms with Gasteiger partial charge >= 0.3 is 37.9 Å². The van der Waals surface area contributed by atoms with Gasteiger partial charge in [-0.2, -0.15) is 0 Å². The standard InChI is InChI=1S/C15H14N.C13H10N.2ClH.Zr/c1-11-7-12(2)16(10-11)15-8-13-5-3-4-6-14(13)9-15;1-2-6-12-11(5-1)7-8-13(12)14-9-3-4-10-14;;;/h3-10H,1-2H3;1-10H;2*1H;/q2*-1;;;+4/p-2. The van der Waals surface area contributed by atoms with Crippen LogP contribution in [0.25, 0.3) is 32.9 Å². The summed E-state index contributed by atoms with van der Waals surface area (Å²) in [4.78, 5) is 0. The SMILES string of the molecule is Cc1cc(C)n(-c2cc3ccccc3[cH-]2)c1.[Cl][Zr+2][Cl].c1ccc2c(c1)cc[c-]2-n1cccc1. The van der Waals surface area contributed by atoms with Gasteiger partial charge in [0.05, 0.1) is 0 Å². The molecule has 0 saturated carbocycles. The average molecular weight is 551 g/mol. The van der Waals surface area contributed by atoms with E-state index in [-0.39, 0.29) is 0 Å². The molecular formula is C28H24Cl2N2Zr. The molecule has 164 valence electrons. The maximum absolute atomic E-state index is 4.93. The molecule has 0 N–H and O–H groups in total. The van der Waals surface area contributed by atoms with Crippen LogP contribution < -0.4 is 0 Å². The van der Waals surface area contributed by atoms with Gasteiger partial charge in [-0.05, 0) is 49.2 Å². The number of halogens is 2. The third kappa shape index (κ3) is 5.61. The molecule has 0 amide bonds. The summed E-state index contributed by atoms with van der Waals surface area (Å²) in [6.07, 6.45) is 6.33. The topological polar surface area (TPSA) is 9.86 Å². The fourth-order valence-corrected chi connectivity index (χ4v) is 4.15. The van der Waals surface area contributed by atoms with Crippen LogP contribution in [0.1, 0.15) is 11.3 Å². The van der Waals surface area contributed by atoms with E-state index < -0.39 is 20.8 Å². The van der Waals surface area contributed by atoms with E-state index in [0.29, 0.717) is 0 Å². The van der Waals surface area contributed by atoms with Crippen molar-refractivity contribution in [1.29, 1.82) is 0 Å². The molecule has 0 radical (unpaired) electrons. The van der Waals surface area contributed by atoms with E-state index in [1.807, 2.05) is 12.1 Å². The molecule has 0 aliphatic heterocycles. The molecule has 0 bridgehead atoms. The van der Waals surface area contributed by atoms with Crippen LogP contribution in [-0.2, 0) is 20.8 Å². The monoisotopic (exact) mass is 548 g/mol. The first-order chi connectivity index (χ1) is 16.1. The molecule has 0 aliphatic rings. The normalized spacial score (nSPS) is 10.3. The van der Waals surface area contributed by atoms with Crippen LogP contribution in [0.4, 0.5) is 0 Å². The summed E-state index contributed by atoms with van der Waals surface area (Å²) >= 11 is -0.826. The van der Waals surface area contributed by atoms with Crippen molar-refractivity contribution in [2.24, 2.45) is 0 Å². The van der Waals surface area contributed by atoms with Gasteiger partial charge in [0.15, 0.2) is 0 Å². The van der Waals surface area contributed by atoms with Crippen LogP contribution in [-0.4, -0.2) is 9.13 Å². The Morgan fingerprint density at radius 2 is 1.48 bits per heavy atom. The predicted octanol–water partition coefficient (Wildman–Crippen LogP) is 8.69. The van der Waals surface area contributed by atoms with Crippen LogP contribution in [0, 0.1) is 13.8 Å². The van der Waals surface area contributed by atoms with Crippen LogP contribution in [0.5, 0.6) is 0 Å². The number of fused-ring (bicyclic) bond motifs is 2. The van der Waals surface area contributed by atoms with Crippen molar-refractivity contribution in [3.63, 3.8) is 0 Å². The van der Waals surface area contributed by atoms with Gasteiger partial charge in [-0.15, -0.1) is 53.2 Å². The number of rotatable bonds is 2. The zero-order valence-corrected chi connectivity index (χ0v) is 22.5. The summed E-state index contributed by atoms with van der Waals surface area (Å²) in [7, 11) is 9.87. The summed E-state index contributed by atoms with van der Waals surface area (Å²) in [5.41, 5.74) is 5.10. The van der Waals surface area contributed by atoms with Crippen molar-refractivity contribution in [2.45, 2.75) is 13.8 Å². The van der Waals surface area contributed by atoms with Crippen molar-refractivity contribution in [3.8, 4) is 11.4 Å². The number of aryl methyl sites for hydroxylation is 2. The van der Waals surface area contributed by atoms with Gasteiger partial charge in [-0.25, -0.2) is 0 Å². The fourth-order valence-electron chi connectivity index (χ4n) is 4.15. The second-order valence-corrected chi connectivity index (χ2v) is 11.6. The maximum Gasteiger partial charge on any atom is -0.0203 e. The van der Waals surface area contributed by atoms with Crippen LogP contribution in [0.15, 0.2) is 110 Å². The molecule has 5 heteroatoms. The van der Waals surface area contributed by atoms with E-state index in [0.717, 1.165) is 0 Å². The molecule has 4 aromatic carbocycles. The van der Waals surface area contributed by atoms with E-state index >= 15 is 0 Å². The molecule has 0 unspecified atom stereocenters. The van der Waals surface area contributed by atoms with E-state index in [1.165, 1.54) is 44.2 Å². The van der Waals surface area contributed by atoms with Crippen LogP contribution in [0.3, 0.4) is 0 Å². The Balaban J connectivity index is 0.000000142. The Bertz CT molecular complexity index is 1400. The zero-order chi connectivity index (χ0) is 23.2. The third-order valence-electron chi connectivity index (χ3n) is 5.57. The summed E-state index contributed by atoms with van der Waals surface area (Å²) in [6, 6.07) is 32.0. The number of benzene rings is 2. The van der Waals surface area contributed by atoms with Crippen molar-refractivity contribution in [2.75, 3.05) is 0 Å². The molecule has 2 nitrogen and oxygen atoms in total. The van der Waals surface area contributed by atoms with E-state index in [9.17, 15) is 0 Å². The Morgan fingerprint density at radius 1 is 0.818 bits per heavy atom. The van der Waals surface area contributed by atoms with Gasteiger partial charge in [0, 0.05) is 11.9 Å². The molecule has 6 rings (SSSR count). The first-order valence-corrected chi connectivity index (χ1v) is 17.0. The number of nitrogens with zero attached hydrogens (tertiary/aromatic N) is 2. The molecule has 0 aliphatic carbocycles. The maximum atomic E-state index is 4.93. The van der Waals surface area contributed by atoms with Crippen molar-refractivity contribution in [3.05, 3.63) is 121 Å². The molecule has 0 atom stereocenters.